The average Bonchev–Trinajstić information content (AvgIpc) is 2.46. The molecule has 0 saturated carbocycles. The van der Waals surface area contributed by atoms with Crippen LogP contribution in [0, 0.1) is 0 Å². The van der Waals surface area contributed by atoms with Gasteiger partial charge in [0.05, 0.1) is 19.3 Å². The molecule has 5 nitrogen and oxygen atoms in total. The topological polar surface area (TPSA) is 64.6 Å². The zero-order valence-electron chi connectivity index (χ0n) is 10.2. The maximum atomic E-state index is 11.3. The Morgan fingerprint density at radius 2 is 2.11 bits per heavy atom. The Labute approximate surface area is 107 Å². The standard InChI is InChI=1S/C12H17NO4S/c1-10-12(7-8-17-18(14,15)13-10)16-9-11-5-3-2-4-6-11/h2-6,10,12-13H,7-9H2,1H3/t10-,12+/m0/s1. The van der Waals surface area contributed by atoms with Gasteiger partial charge in [-0.25, -0.2) is 0 Å². The predicted molar refractivity (Wildman–Crippen MR) is 67.1 cm³/mol. The maximum Gasteiger partial charge on any atom is 0.336 e. The SMILES string of the molecule is C[C@@H]1NS(=O)(=O)OCC[C@H]1OCc1ccccc1. The number of hydrogen-bond donors (Lipinski definition) is 1. The molecular formula is C12H17NO4S. The van der Waals surface area contributed by atoms with E-state index >= 15 is 0 Å². The third-order valence-electron chi connectivity index (χ3n) is 2.84. The van der Waals surface area contributed by atoms with Gasteiger partial charge in [-0.3, -0.25) is 4.18 Å². The number of ether oxygens (including phenoxy) is 1. The van der Waals surface area contributed by atoms with E-state index in [9.17, 15) is 8.42 Å². The molecule has 0 unspecified atom stereocenters. The average molecular weight is 271 g/mol. The van der Waals surface area contributed by atoms with E-state index in [4.69, 9.17) is 8.92 Å². The molecule has 0 spiro atoms. The van der Waals surface area contributed by atoms with E-state index in [1.165, 1.54) is 0 Å². The van der Waals surface area contributed by atoms with Gasteiger partial charge in [0.25, 0.3) is 0 Å². The van der Waals surface area contributed by atoms with E-state index in [0.717, 1.165) is 5.56 Å². The first kappa shape index (κ1) is 13.5. The lowest BCUT2D eigenvalue weighted by molar-refractivity contribution is 0.0165. The van der Waals surface area contributed by atoms with Crippen molar-refractivity contribution in [3.63, 3.8) is 0 Å². The van der Waals surface area contributed by atoms with Gasteiger partial charge >= 0.3 is 10.3 Å². The smallest absolute Gasteiger partial charge is 0.336 e. The summed E-state index contributed by atoms with van der Waals surface area (Å²) in [6, 6.07) is 9.49. The molecule has 0 aliphatic carbocycles. The van der Waals surface area contributed by atoms with E-state index in [-0.39, 0.29) is 18.8 Å². The third-order valence-corrected chi connectivity index (χ3v) is 3.97. The van der Waals surface area contributed by atoms with Crippen molar-refractivity contribution in [2.24, 2.45) is 0 Å². The zero-order valence-corrected chi connectivity index (χ0v) is 11.0. The molecule has 0 bridgehead atoms. The van der Waals surface area contributed by atoms with E-state index in [2.05, 4.69) is 4.72 Å². The fourth-order valence-electron chi connectivity index (χ4n) is 1.87. The molecule has 100 valence electrons. The fourth-order valence-corrected chi connectivity index (χ4v) is 2.86. The Bertz CT molecular complexity index is 474. The number of rotatable bonds is 3. The van der Waals surface area contributed by atoms with Crippen molar-refractivity contribution in [3.8, 4) is 0 Å². The van der Waals surface area contributed by atoms with Crippen LogP contribution in [-0.2, 0) is 25.8 Å². The van der Waals surface area contributed by atoms with Crippen molar-refractivity contribution in [2.75, 3.05) is 6.61 Å². The highest BCUT2D eigenvalue weighted by Gasteiger charge is 2.27. The molecule has 0 aromatic heterocycles. The first-order valence-corrected chi connectivity index (χ1v) is 7.30. The molecule has 1 aromatic carbocycles. The summed E-state index contributed by atoms with van der Waals surface area (Å²) >= 11 is 0. The first-order valence-electron chi connectivity index (χ1n) is 5.89. The van der Waals surface area contributed by atoms with E-state index in [1.807, 2.05) is 30.3 Å². The second-order valence-electron chi connectivity index (χ2n) is 4.31. The van der Waals surface area contributed by atoms with E-state index < -0.39 is 10.3 Å². The molecule has 0 amide bonds. The Kier molecular flexibility index (Phi) is 4.34. The summed E-state index contributed by atoms with van der Waals surface area (Å²) in [5.41, 5.74) is 1.07. The summed E-state index contributed by atoms with van der Waals surface area (Å²) < 4.78 is 35.5. The van der Waals surface area contributed by atoms with Crippen LogP contribution in [0.3, 0.4) is 0 Å². The molecule has 2 atom stereocenters. The highest BCUT2D eigenvalue weighted by atomic mass is 32.2. The second kappa shape index (κ2) is 5.79. The quantitative estimate of drug-likeness (QED) is 0.897. The zero-order chi connectivity index (χ0) is 13.0. The Hall–Kier alpha value is -0.950. The van der Waals surface area contributed by atoms with Crippen LogP contribution >= 0.6 is 0 Å². The van der Waals surface area contributed by atoms with Gasteiger partial charge < -0.3 is 4.74 Å². The minimum Gasteiger partial charge on any atom is -0.372 e. The van der Waals surface area contributed by atoms with Crippen LogP contribution in [0.2, 0.25) is 0 Å². The van der Waals surface area contributed by atoms with Gasteiger partial charge in [-0.1, -0.05) is 30.3 Å². The lowest BCUT2D eigenvalue weighted by Crippen LogP contribution is -2.40. The number of hydrogen-bond acceptors (Lipinski definition) is 4. The highest BCUT2D eigenvalue weighted by Crippen LogP contribution is 2.14. The Balaban J connectivity index is 1.93. The summed E-state index contributed by atoms with van der Waals surface area (Å²) in [5, 5.41) is 0. The molecule has 1 saturated heterocycles. The van der Waals surface area contributed by atoms with Gasteiger partial charge in [-0.2, -0.15) is 13.1 Å². The summed E-state index contributed by atoms with van der Waals surface area (Å²) in [6.45, 7) is 2.40. The minimum atomic E-state index is -3.61. The van der Waals surface area contributed by atoms with Crippen LogP contribution in [0.5, 0.6) is 0 Å². The van der Waals surface area contributed by atoms with Crippen LogP contribution in [0.4, 0.5) is 0 Å². The summed E-state index contributed by atoms with van der Waals surface area (Å²) in [5.74, 6) is 0. The van der Waals surface area contributed by atoms with Crippen molar-refractivity contribution >= 4 is 10.3 Å². The largest absolute Gasteiger partial charge is 0.372 e. The van der Waals surface area contributed by atoms with Gasteiger partial charge in [-0.05, 0) is 18.9 Å². The Morgan fingerprint density at radius 1 is 1.39 bits per heavy atom. The molecule has 6 heteroatoms. The lowest BCUT2D eigenvalue weighted by atomic mass is 10.1. The van der Waals surface area contributed by atoms with Crippen molar-refractivity contribution in [1.29, 1.82) is 0 Å². The summed E-state index contributed by atoms with van der Waals surface area (Å²) in [4.78, 5) is 0. The molecule has 1 heterocycles. The fraction of sp³-hybridized carbons (Fsp3) is 0.500. The van der Waals surface area contributed by atoms with Crippen molar-refractivity contribution in [1.82, 2.24) is 4.72 Å². The third kappa shape index (κ3) is 3.78. The van der Waals surface area contributed by atoms with E-state index in [0.29, 0.717) is 13.0 Å². The Morgan fingerprint density at radius 3 is 2.83 bits per heavy atom. The minimum absolute atomic E-state index is 0.152. The molecular weight excluding hydrogens is 254 g/mol. The van der Waals surface area contributed by atoms with Crippen LogP contribution in [0.15, 0.2) is 30.3 Å². The number of benzene rings is 1. The second-order valence-corrected chi connectivity index (χ2v) is 5.69. The molecule has 1 N–H and O–H groups in total. The molecule has 0 radical (unpaired) electrons. The van der Waals surface area contributed by atoms with Crippen LogP contribution in [-0.4, -0.2) is 27.2 Å². The molecule has 18 heavy (non-hydrogen) atoms. The van der Waals surface area contributed by atoms with Crippen LogP contribution in [0.1, 0.15) is 18.9 Å². The molecule has 2 rings (SSSR count). The van der Waals surface area contributed by atoms with Gasteiger partial charge in [0.1, 0.15) is 0 Å². The van der Waals surface area contributed by atoms with Crippen LogP contribution in [0.25, 0.3) is 0 Å². The van der Waals surface area contributed by atoms with Crippen molar-refractivity contribution in [2.45, 2.75) is 32.1 Å². The summed E-state index contributed by atoms with van der Waals surface area (Å²) in [6.07, 6.45) is 0.378. The summed E-state index contributed by atoms with van der Waals surface area (Å²) in [7, 11) is -3.61. The molecule has 1 fully saturated rings. The normalized spacial score (nSPS) is 27.6. The van der Waals surface area contributed by atoms with Crippen molar-refractivity contribution < 1.29 is 17.3 Å². The monoisotopic (exact) mass is 271 g/mol. The highest BCUT2D eigenvalue weighted by molar-refractivity contribution is 7.84. The predicted octanol–water partition coefficient (Wildman–Crippen LogP) is 1.21. The molecule has 1 aromatic rings. The lowest BCUT2D eigenvalue weighted by Gasteiger charge is -2.21. The van der Waals surface area contributed by atoms with Crippen LogP contribution < -0.4 is 4.72 Å². The van der Waals surface area contributed by atoms with Gasteiger partial charge in [0.15, 0.2) is 0 Å². The first-order chi connectivity index (χ1) is 8.57. The van der Waals surface area contributed by atoms with Crippen molar-refractivity contribution in [3.05, 3.63) is 35.9 Å². The van der Waals surface area contributed by atoms with Gasteiger partial charge in [0, 0.05) is 6.04 Å². The maximum absolute atomic E-state index is 11.3. The molecule has 1 aliphatic rings. The van der Waals surface area contributed by atoms with Gasteiger partial charge in [0.2, 0.25) is 0 Å². The molecule has 1 aliphatic heterocycles. The van der Waals surface area contributed by atoms with Gasteiger partial charge in [-0.15, -0.1) is 0 Å². The van der Waals surface area contributed by atoms with E-state index in [1.54, 1.807) is 6.92 Å². The number of nitrogens with one attached hydrogen (secondary N) is 1.